The first-order valence-electron chi connectivity index (χ1n) is 11.0. The summed E-state index contributed by atoms with van der Waals surface area (Å²) < 4.78 is 5.91. The fourth-order valence-electron chi connectivity index (χ4n) is 2.86. The lowest BCUT2D eigenvalue weighted by molar-refractivity contribution is 0.301. The highest BCUT2D eigenvalue weighted by Gasteiger charge is 2.14. The largest absolute Gasteiger partial charge is 0.457 e. The third-order valence-corrected chi connectivity index (χ3v) is 5.22. The van der Waals surface area contributed by atoms with E-state index in [1.54, 1.807) is 18.6 Å². The zero-order valence-corrected chi connectivity index (χ0v) is 21.2. The van der Waals surface area contributed by atoms with Crippen molar-refractivity contribution in [3.05, 3.63) is 83.9 Å². The van der Waals surface area contributed by atoms with Gasteiger partial charge in [-0.15, -0.1) is 0 Å². The van der Waals surface area contributed by atoms with Crippen LogP contribution in [-0.2, 0) is 10.8 Å². The Hall–Kier alpha value is -2.83. The van der Waals surface area contributed by atoms with Crippen molar-refractivity contribution in [2.45, 2.75) is 52.4 Å². The van der Waals surface area contributed by atoms with Crippen molar-refractivity contribution in [1.82, 2.24) is 15.3 Å². The van der Waals surface area contributed by atoms with Crippen LogP contribution in [0, 0.1) is 0 Å². The monoisotopic (exact) mass is 465 g/mol. The zero-order valence-electron chi connectivity index (χ0n) is 20.4. The lowest BCUT2D eigenvalue weighted by atomic mass is 9.87. The molecule has 5 nitrogen and oxygen atoms in total. The first-order valence-corrected chi connectivity index (χ1v) is 11.5. The van der Waals surface area contributed by atoms with Gasteiger partial charge in [-0.05, 0) is 46.2 Å². The van der Waals surface area contributed by atoms with E-state index < -0.39 is 0 Å². The summed E-state index contributed by atoms with van der Waals surface area (Å²) in [7, 11) is 0. The Labute approximate surface area is 203 Å². The molecule has 0 amide bonds. The number of thiocarbonyl (C=S) groups is 1. The third-order valence-electron chi connectivity index (χ3n) is 4.87. The lowest BCUT2D eigenvalue weighted by Gasteiger charge is -2.20. The lowest BCUT2D eigenvalue weighted by Crippen LogP contribution is -2.26. The number of aliphatic hydroxyl groups excluding tert-OH is 1. The van der Waals surface area contributed by atoms with Crippen LogP contribution in [0.2, 0.25) is 0 Å². The number of hydrogen-bond donors (Lipinski definition) is 2. The molecule has 1 heterocycles. The number of aromatic nitrogens is 2. The Bertz CT molecular complexity index is 935. The highest BCUT2D eigenvalue weighted by atomic mass is 32.1. The predicted octanol–water partition coefficient (Wildman–Crippen LogP) is 5.81. The van der Waals surface area contributed by atoms with Gasteiger partial charge in [0.25, 0.3) is 0 Å². The van der Waals surface area contributed by atoms with Crippen molar-refractivity contribution in [3.63, 3.8) is 0 Å². The summed E-state index contributed by atoms with van der Waals surface area (Å²) in [6, 6.07) is 16.7. The molecular formula is C27H35N3O2S. The average molecular weight is 466 g/mol. The van der Waals surface area contributed by atoms with E-state index in [-0.39, 0.29) is 17.4 Å². The first-order chi connectivity index (χ1) is 15.5. The fraction of sp³-hybridized carbons (Fsp3) is 0.370. The van der Waals surface area contributed by atoms with Gasteiger partial charge in [0, 0.05) is 18.9 Å². The summed E-state index contributed by atoms with van der Waals surface area (Å²) in [4.78, 5) is 8.36. The van der Waals surface area contributed by atoms with Crippen LogP contribution in [0.4, 0.5) is 0 Å². The quantitative estimate of drug-likeness (QED) is 0.464. The number of nitrogens with one attached hydrogen (secondary N) is 1. The Morgan fingerprint density at radius 2 is 1.33 bits per heavy atom. The summed E-state index contributed by atoms with van der Waals surface area (Å²) in [5.74, 6) is 1.76. The van der Waals surface area contributed by atoms with Crippen LogP contribution in [0.5, 0.6) is 11.5 Å². The normalized spacial score (nSPS) is 11.2. The van der Waals surface area contributed by atoms with Gasteiger partial charge in [-0.25, -0.2) is 0 Å². The molecule has 33 heavy (non-hydrogen) atoms. The molecule has 0 unspecified atom stereocenters. The molecule has 0 saturated heterocycles. The van der Waals surface area contributed by atoms with Crippen molar-refractivity contribution >= 4 is 17.2 Å². The van der Waals surface area contributed by atoms with Crippen molar-refractivity contribution < 1.29 is 9.84 Å². The summed E-state index contributed by atoms with van der Waals surface area (Å²) in [6.07, 6.45) is 4.73. The van der Waals surface area contributed by atoms with Crippen LogP contribution in [-0.4, -0.2) is 33.2 Å². The van der Waals surface area contributed by atoms with Crippen molar-refractivity contribution in [2.75, 3.05) is 13.2 Å². The molecule has 0 bridgehead atoms. The molecule has 6 heteroatoms. The summed E-state index contributed by atoms with van der Waals surface area (Å²) >= 11 is 4.96. The maximum absolute atomic E-state index is 8.50. The second kappa shape index (κ2) is 11.9. The van der Waals surface area contributed by atoms with E-state index in [2.05, 4.69) is 81.1 Å². The second-order valence-corrected chi connectivity index (χ2v) is 10.1. The zero-order chi connectivity index (χ0) is 24.5. The molecular weight excluding hydrogens is 430 g/mol. The standard InChI is InChI=1S/C20H26O.C7H9N3OS/c1-19(2,3)15-7-11-17(12-8-15)21-18-13-9-16(10-14-18)20(4,5)6;11-4-3-10-7(12)6-5-8-1-2-9-6/h7-14H,1-6H3;1-2,5,11H,3-4H2,(H,10,12). The van der Waals surface area contributed by atoms with Gasteiger partial charge in [0.05, 0.1) is 12.8 Å². The number of benzene rings is 2. The molecule has 0 aliphatic heterocycles. The number of nitrogens with zero attached hydrogens (tertiary/aromatic N) is 2. The maximum atomic E-state index is 8.50. The maximum Gasteiger partial charge on any atom is 0.127 e. The van der Waals surface area contributed by atoms with Gasteiger partial charge in [0.1, 0.15) is 22.2 Å². The van der Waals surface area contributed by atoms with Gasteiger partial charge in [-0.2, -0.15) is 0 Å². The fourth-order valence-corrected chi connectivity index (χ4v) is 3.07. The Morgan fingerprint density at radius 3 is 1.70 bits per heavy atom. The third kappa shape index (κ3) is 8.91. The predicted molar refractivity (Wildman–Crippen MR) is 139 cm³/mol. The Kier molecular flexibility index (Phi) is 9.50. The molecule has 3 rings (SSSR count). The van der Waals surface area contributed by atoms with E-state index in [0.29, 0.717) is 17.2 Å². The number of rotatable bonds is 5. The smallest absolute Gasteiger partial charge is 0.127 e. The van der Waals surface area contributed by atoms with Crippen molar-refractivity contribution in [1.29, 1.82) is 0 Å². The van der Waals surface area contributed by atoms with Crippen LogP contribution in [0.25, 0.3) is 0 Å². The molecule has 0 aliphatic rings. The van der Waals surface area contributed by atoms with Crippen LogP contribution in [0.15, 0.2) is 67.1 Å². The topological polar surface area (TPSA) is 67.3 Å². The first kappa shape index (κ1) is 26.4. The average Bonchev–Trinajstić information content (AvgIpc) is 2.78. The van der Waals surface area contributed by atoms with Gasteiger partial charge in [-0.3, -0.25) is 9.97 Å². The molecule has 0 fully saturated rings. The number of hydrogen-bond acceptors (Lipinski definition) is 5. The molecule has 3 aromatic rings. The minimum atomic E-state index is 0.0560. The number of aliphatic hydroxyl groups is 1. The Morgan fingerprint density at radius 1 is 0.848 bits per heavy atom. The van der Waals surface area contributed by atoms with Gasteiger partial charge < -0.3 is 15.2 Å². The van der Waals surface area contributed by atoms with E-state index in [9.17, 15) is 0 Å². The molecule has 1 aromatic heterocycles. The molecule has 0 atom stereocenters. The van der Waals surface area contributed by atoms with Gasteiger partial charge in [-0.1, -0.05) is 78.0 Å². The minimum Gasteiger partial charge on any atom is -0.457 e. The SMILES string of the molecule is CC(C)(C)c1ccc(Oc2ccc(C(C)(C)C)cc2)cc1.OCCNC(=S)c1cnccn1. The van der Waals surface area contributed by atoms with Gasteiger partial charge in [0.2, 0.25) is 0 Å². The van der Waals surface area contributed by atoms with Crippen molar-refractivity contribution in [3.8, 4) is 11.5 Å². The van der Waals surface area contributed by atoms with Crippen LogP contribution < -0.4 is 10.1 Å². The molecule has 0 radical (unpaired) electrons. The van der Waals surface area contributed by atoms with Crippen molar-refractivity contribution in [2.24, 2.45) is 0 Å². The molecule has 2 N–H and O–H groups in total. The van der Waals surface area contributed by atoms with Crippen LogP contribution >= 0.6 is 12.2 Å². The van der Waals surface area contributed by atoms with Gasteiger partial charge >= 0.3 is 0 Å². The summed E-state index contributed by atoms with van der Waals surface area (Å²) in [6.45, 7) is 13.8. The van der Waals surface area contributed by atoms with E-state index in [0.717, 1.165) is 11.5 Å². The minimum absolute atomic E-state index is 0.0560. The van der Waals surface area contributed by atoms with Crippen LogP contribution in [0.1, 0.15) is 58.4 Å². The van der Waals surface area contributed by atoms with E-state index in [1.165, 1.54) is 11.1 Å². The molecule has 0 spiro atoms. The summed E-state index contributed by atoms with van der Waals surface area (Å²) in [5.41, 5.74) is 3.61. The Balaban J connectivity index is 0.000000273. The highest BCUT2D eigenvalue weighted by Crippen LogP contribution is 2.29. The van der Waals surface area contributed by atoms with E-state index in [4.69, 9.17) is 22.1 Å². The second-order valence-electron chi connectivity index (χ2n) is 9.72. The van der Waals surface area contributed by atoms with E-state index in [1.807, 2.05) is 24.3 Å². The molecule has 0 saturated carbocycles. The highest BCUT2D eigenvalue weighted by molar-refractivity contribution is 7.80. The van der Waals surface area contributed by atoms with Crippen LogP contribution in [0.3, 0.4) is 0 Å². The molecule has 2 aromatic carbocycles. The van der Waals surface area contributed by atoms with E-state index >= 15 is 0 Å². The molecule has 0 aliphatic carbocycles. The number of ether oxygens (including phenoxy) is 1. The van der Waals surface area contributed by atoms with Gasteiger partial charge in [0.15, 0.2) is 0 Å². The summed E-state index contributed by atoms with van der Waals surface area (Å²) in [5, 5.41) is 11.3. The molecule has 176 valence electrons.